The zero-order valence-electron chi connectivity index (χ0n) is 12.4. The first kappa shape index (κ1) is 15.7. The summed E-state index contributed by atoms with van der Waals surface area (Å²) >= 11 is 1.60. The van der Waals surface area contributed by atoms with Crippen molar-refractivity contribution in [1.82, 2.24) is 14.5 Å². The molecule has 1 atom stereocenters. The Labute approximate surface area is 124 Å². The van der Waals surface area contributed by atoms with Crippen LogP contribution < -0.4 is 4.90 Å². The Morgan fingerprint density at radius 2 is 2.10 bits per heavy atom. The minimum atomic E-state index is -3.14. The van der Waals surface area contributed by atoms with E-state index in [0.717, 1.165) is 29.5 Å². The minimum Gasteiger partial charge on any atom is -0.345 e. The lowest BCUT2D eigenvalue weighted by molar-refractivity contribution is 0.322. The molecule has 0 spiro atoms. The number of hydrogen-bond donors (Lipinski definition) is 0. The SMILES string of the molecule is CC(C)c1nnc(N2CCCC(N(C)S(C)(=O)=O)C2)s1. The van der Waals surface area contributed by atoms with E-state index in [2.05, 4.69) is 28.9 Å². The van der Waals surface area contributed by atoms with Crippen LogP contribution in [-0.2, 0) is 10.0 Å². The maximum absolute atomic E-state index is 11.6. The molecular formula is C12H22N4O2S2. The Morgan fingerprint density at radius 3 is 2.65 bits per heavy atom. The highest BCUT2D eigenvalue weighted by molar-refractivity contribution is 7.88. The Balaban J connectivity index is 2.10. The highest BCUT2D eigenvalue weighted by atomic mass is 32.2. The van der Waals surface area contributed by atoms with Gasteiger partial charge in [0.25, 0.3) is 0 Å². The minimum absolute atomic E-state index is 0.0187. The molecule has 1 unspecified atom stereocenters. The molecule has 1 fully saturated rings. The van der Waals surface area contributed by atoms with Gasteiger partial charge in [0.1, 0.15) is 5.01 Å². The zero-order chi connectivity index (χ0) is 14.9. The molecule has 1 aromatic heterocycles. The number of piperidine rings is 1. The number of sulfonamides is 1. The van der Waals surface area contributed by atoms with E-state index in [-0.39, 0.29) is 6.04 Å². The van der Waals surface area contributed by atoms with Gasteiger partial charge in [-0.15, -0.1) is 10.2 Å². The van der Waals surface area contributed by atoms with Crippen LogP contribution in [0.1, 0.15) is 37.6 Å². The van der Waals surface area contributed by atoms with Crippen LogP contribution in [0.2, 0.25) is 0 Å². The molecule has 6 nitrogen and oxygen atoms in total. The van der Waals surface area contributed by atoms with Crippen molar-refractivity contribution in [2.24, 2.45) is 0 Å². The topological polar surface area (TPSA) is 66.4 Å². The number of hydrogen-bond acceptors (Lipinski definition) is 6. The van der Waals surface area contributed by atoms with Crippen molar-refractivity contribution < 1.29 is 8.42 Å². The van der Waals surface area contributed by atoms with Crippen LogP contribution >= 0.6 is 11.3 Å². The fourth-order valence-electron chi connectivity index (χ4n) is 2.28. The fraction of sp³-hybridized carbons (Fsp3) is 0.833. The van der Waals surface area contributed by atoms with E-state index in [1.807, 2.05) is 0 Å². The van der Waals surface area contributed by atoms with Gasteiger partial charge >= 0.3 is 0 Å². The van der Waals surface area contributed by atoms with Crippen LogP contribution in [-0.4, -0.2) is 55.4 Å². The van der Waals surface area contributed by atoms with Gasteiger partial charge in [0, 0.05) is 32.1 Å². The maximum Gasteiger partial charge on any atom is 0.211 e. The number of likely N-dealkylation sites (N-methyl/N-ethyl adjacent to an activating group) is 1. The molecule has 0 saturated carbocycles. The van der Waals surface area contributed by atoms with Crippen LogP contribution in [0.15, 0.2) is 0 Å². The third kappa shape index (κ3) is 3.48. The van der Waals surface area contributed by atoms with E-state index in [4.69, 9.17) is 0 Å². The summed E-state index contributed by atoms with van der Waals surface area (Å²) in [7, 11) is -1.49. The summed E-state index contributed by atoms with van der Waals surface area (Å²) in [5, 5.41) is 10.4. The first-order valence-electron chi connectivity index (χ1n) is 6.80. The maximum atomic E-state index is 11.6. The monoisotopic (exact) mass is 318 g/mol. The summed E-state index contributed by atoms with van der Waals surface area (Å²) in [5.74, 6) is 0.375. The molecule has 2 rings (SSSR count). The first-order chi connectivity index (χ1) is 9.29. The van der Waals surface area contributed by atoms with Gasteiger partial charge in [-0.3, -0.25) is 0 Å². The molecule has 114 valence electrons. The molecule has 1 aliphatic rings. The lowest BCUT2D eigenvalue weighted by atomic mass is 10.1. The van der Waals surface area contributed by atoms with Crippen LogP contribution in [0.5, 0.6) is 0 Å². The van der Waals surface area contributed by atoms with Gasteiger partial charge in [-0.1, -0.05) is 25.2 Å². The van der Waals surface area contributed by atoms with Gasteiger partial charge < -0.3 is 4.90 Å². The second kappa shape index (κ2) is 5.95. The molecule has 0 radical (unpaired) electrons. The van der Waals surface area contributed by atoms with Crippen LogP contribution in [0.3, 0.4) is 0 Å². The highest BCUT2D eigenvalue weighted by Crippen LogP contribution is 2.28. The summed E-state index contributed by atoms with van der Waals surface area (Å²) in [4.78, 5) is 2.15. The van der Waals surface area contributed by atoms with E-state index >= 15 is 0 Å². The van der Waals surface area contributed by atoms with Crippen molar-refractivity contribution in [3.63, 3.8) is 0 Å². The smallest absolute Gasteiger partial charge is 0.211 e. The molecule has 0 N–H and O–H groups in total. The van der Waals surface area contributed by atoms with Gasteiger partial charge in [-0.25, -0.2) is 12.7 Å². The normalized spacial score (nSPS) is 20.9. The third-order valence-electron chi connectivity index (χ3n) is 3.63. The van der Waals surface area contributed by atoms with Crippen molar-refractivity contribution in [1.29, 1.82) is 0 Å². The molecule has 1 aromatic rings. The Hall–Kier alpha value is -0.730. The second-order valence-electron chi connectivity index (χ2n) is 5.60. The van der Waals surface area contributed by atoms with Crippen molar-refractivity contribution in [3.05, 3.63) is 5.01 Å². The van der Waals surface area contributed by atoms with Crippen molar-refractivity contribution >= 4 is 26.5 Å². The second-order valence-corrected chi connectivity index (χ2v) is 8.63. The Bertz CT molecular complexity index is 556. The molecule has 8 heteroatoms. The summed E-state index contributed by atoms with van der Waals surface area (Å²) in [5.41, 5.74) is 0. The molecule has 0 aromatic carbocycles. The van der Waals surface area contributed by atoms with Gasteiger partial charge in [0.15, 0.2) is 0 Å². The standard InChI is InChI=1S/C12H22N4O2S2/c1-9(2)11-13-14-12(19-11)16-7-5-6-10(8-16)15(3)20(4,17)18/h9-10H,5-8H2,1-4H3. The van der Waals surface area contributed by atoms with Gasteiger partial charge in [0.05, 0.1) is 6.26 Å². The molecular weight excluding hydrogens is 296 g/mol. The Kier molecular flexibility index (Phi) is 4.66. The average Bonchev–Trinajstić information content (AvgIpc) is 2.86. The van der Waals surface area contributed by atoms with Crippen molar-refractivity contribution in [2.75, 3.05) is 31.3 Å². The summed E-state index contributed by atoms with van der Waals surface area (Å²) in [6.07, 6.45) is 3.13. The highest BCUT2D eigenvalue weighted by Gasteiger charge is 2.29. The van der Waals surface area contributed by atoms with E-state index in [1.54, 1.807) is 18.4 Å². The van der Waals surface area contributed by atoms with E-state index in [0.29, 0.717) is 12.5 Å². The Morgan fingerprint density at radius 1 is 1.40 bits per heavy atom. The third-order valence-corrected chi connectivity index (χ3v) is 6.26. The van der Waals surface area contributed by atoms with Crippen LogP contribution in [0, 0.1) is 0 Å². The van der Waals surface area contributed by atoms with Gasteiger partial charge in [-0.05, 0) is 12.8 Å². The molecule has 1 saturated heterocycles. The lowest BCUT2D eigenvalue weighted by Gasteiger charge is -2.36. The number of nitrogens with zero attached hydrogens (tertiary/aromatic N) is 4. The van der Waals surface area contributed by atoms with E-state index in [1.165, 1.54) is 10.6 Å². The molecule has 2 heterocycles. The number of rotatable bonds is 4. The zero-order valence-corrected chi connectivity index (χ0v) is 14.0. The lowest BCUT2D eigenvalue weighted by Crippen LogP contribution is -2.48. The first-order valence-corrected chi connectivity index (χ1v) is 9.47. The molecule has 20 heavy (non-hydrogen) atoms. The number of aromatic nitrogens is 2. The quantitative estimate of drug-likeness (QED) is 0.842. The molecule has 0 bridgehead atoms. The molecule has 0 aliphatic carbocycles. The largest absolute Gasteiger partial charge is 0.345 e. The predicted molar refractivity (Wildman–Crippen MR) is 81.8 cm³/mol. The van der Waals surface area contributed by atoms with Crippen LogP contribution in [0.25, 0.3) is 0 Å². The summed E-state index contributed by atoms with van der Waals surface area (Å²) < 4.78 is 24.8. The van der Waals surface area contributed by atoms with Crippen molar-refractivity contribution in [2.45, 2.75) is 38.6 Å². The fourth-order valence-corrected chi connectivity index (χ4v) is 3.88. The molecule has 0 amide bonds. The molecule has 1 aliphatic heterocycles. The van der Waals surface area contributed by atoms with E-state index in [9.17, 15) is 8.42 Å². The van der Waals surface area contributed by atoms with Crippen LogP contribution in [0.4, 0.5) is 5.13 Å². The average molecular weight is 318 g/mol. The number of anilines is 1. The predicted octanol–water partition coefficient (Wildman–Crippen LogP) is 1.52. The van der Waals surface area contributed by atoms with E-state index < -0.39 is 10.0 Å². The summed E-state index contributed by atoms with van der Waals surface area (Å²) in [6.45, 7) is 5.80. The van der Waals surface area contributed by atoms with Gasteiger partial charge in [0.2, 0.25) is 15.2 Å². The van der Waals surface area contributed by atoms with Gasteiger partial charge in [-0.2, -0.15) is 0 Å². The van der Waals surface area contributed by atoms with Crippen molar-refractivity contribution in [3.8, 4) is 0 Å². The summed E-state index contributed by atoms with van der Waals surface area (Å²) in [6, 6.07) is 0.0187.